The molecule has 0 radical (unpaired) electrons. The van der Waals surface area contributed by atoms with Crippen molar-refractivity contribution < 1.29 is 5.11 Å². The first-order valence-electron chi connectivity index (χ1n) is 3.60. The fourth-order valence-corrected chi connectivity index (χ4v) is 1.95. The van der Waals surface area contributed by atoms with Gasteiger partial charge in [0.25, 0.3) is 0 Å². The van der Waals surface area contributed by atoms with E-state index >= 15 is 0 Å². The molecule has 0 bridgehead atoms. The molecule has 0 spiro atoms. The molecule has 1 aromatic heterocycles. The molecule has 0 aromatic carbocycles. The van der Waals surface area contributed by atoms with Crippen molar-refractivity contribution in [1.82, 2.24) is 0 Å². The average Bonchev–Trinajstić information content (AvgIpc) is 2.33. The second-order valence-corrected chi connectivity index (χ2v) is 3.72. The first kappa shape index (κ1) is 8.71. The Balaban J connectivity index is 2.84. The Morgan fingerprint density at radius 1 is 1.64 bits per heavy atom. The van der Waals surface area contributed by atoms with Crippen LogP contribution in [0, 0.1) is 6.92 Å². The Morgan fingerprint density at radius 2 is 2.27 bits per heavy atom. The molecule has 0 saturated heterocycles. The van der Waals surface area contributed by atoms with Crippen LogP contribution in [0.25, 0.3) is 0 Å². The van der Waals surface area contributed by atoms with Gasteiger partial charge in [0.15, 0.2) is 0 Å². The van der Waals surface area contributed by atoms with E-state index in [4.69, 9.17) is 5.73 Å². The van der Waals surface area contributed by atoms with E-state index in [2.05, 4.69) is 0 Å². The maximum Gasteiger partial charge on any atom is 0.103 e. The minimum atomic E-state index is -0.505. The smallest absolute Gasteiger partial charge is 0.103 e. The van der Waals surface area contributed by atoms with Crippen LogP contribution in [-0.4, -0.2) is 11.1 Å². The summed E-state index contributed by atoms with van der Waals surface area (Å²) in [6, 6.07) is 1.80. The van der Waals surface area contributed by atoms with E-state index < -0.39 is 6.10 Å². The summed E-state index contributed by atoms with van der Waals surface area (Å²) in [4.78, 5) is 0.986. The number of aliphatic hydroxyl groups is 1. The third-order valence-electron chi connectivity index (χ3n) is 1.67. The standard InChI is InChI=1S/C8H13NOS/c1-5-3-4-11-8(5)7(10)6(2)9/h3-4,6-7,10H,9H2,1-2H3/t6-,7+/m1/s1. The van der Waals surface area contributed by atoms with Crippen molar-refractivity contribution >= 4 is 11.3 Å². The second kappa shape index (κ2) is 3.34. The Hall–Kier alpha value is -0.380. The van der Waals surface area contributed by atoms with E-state index in [1.54, 1.807) is 11.3 Å². The Kier molecular flexibility index (Phi) is 2.65. The monoisotopic (exact) mass is 171 g/mol. The molecule has 0 aliphatic rings. The number of nitrogens with two attached hydrogens (primary N) is 1. The topological polar surface area (TPSA) is 46.2 Å². The molecular formula is C8H13NOS. The van der Waals surface area contributed by atoms with Crippen molar-refractivity contribution in [2.45, 2.75) is 26.0 Å². The zero-order chi connectivity index (χ0) is 8.43. The maximum atomic E-state index is 9.55. The molecule has 0 aliphatic heterocycles. The first-order valence-corrected chi connectivity index (χ1v) is 4.48. The van der Waals surface area contributed by atoms with Crippen LogP contribution in [0.5, 0.6) is 0 Å². The lowest BCUT2D eigenvalue weighted by Gasteiger charge is -2.13. The highest BCUT2D eigenvalue weighted by molar-refractivity contribution is 7.10. The van der Waals surface area contributed by atoms with Crippen LogP contribution in [0.1, 0.15) is 23.5 Å². The number of aliphatic hydroxyl groups excluding tert-OH is 1. The van der Waals surface area contributed by atoms with Crippen LogP contribution in [-0.2, 0) is 0 Å². The van der Waals surface area contributed by atoms with Gasteiger partial charge in [0.2, 0.25) is 0 Å². The molecule has 0 amide bonds. The number of thiophene rings is 1. The van der Waals surface area contributed by atoms with Crippen molar-refractivity contribution in [3.63, 3.8) is 0 Å². The van der Waals surface area contributed by atoms with Gasteiger partial charge in [-0.1, -0.05) is 0 Å². The highest BCUT2D eigenvalue weighted by Gasteiger charge is 2.15. The van der Waals surface area contributed by atoms with Gasteiger partial charge in [0.05, 0.1) is 0 Å². The van der Waals surface area contributed by atoms with E-state index in [0.29, 0.717) is 0 Å². The van der Waals surface area contributed by atoms with Gasteiger partial charge in [-0.2, -0.15) is 0 Å². The van der Waals surface area contributed by atoms with E-state index in [1.807, 2.05) is 25.3 Å². The maximum absolute atomic E-state index is 9.55. The van der Waals surface area contributed by atoms with E-state index in [1.165, 1.54) is 0 Å². The molecule has 1 rings (SSSR count). The molecule has 3 heteroatoms. The van der Waals surface area contributed by atoms with Crippen molar-refractivity contribution in [2.75, 3.05) is 0 Å². The lowest BCUT2D eigenvalue weighted by atomic mass is 10.1. The van der Waals surface area contributed by atoms with E-state index in [9.17, 15) is 5.11 Å². The predicted molar refractivity (Wildman–Crippen MR) is 47.7 cm³/mol. The van der Waals surface area contributed by atoms with Crippen molar-refractivity contribution in [3.05, 3.63) is 21.9 Å². The predicted octanol–water partition coefficient (Wildman–Crippen LogP) is 1.44. The molecule has 1 aromatic rings. The molecule has 1 heterocycles. The van der Waals surface area contributed by atoms with Gasteiger partial charge in [-0.3, -0.25) is 0 Å². The molecule has 2 nitrogen and oxygen atoms in total. The first-order chi connectivity index (χ1) is 5.13. The molecule has 0 saturated carbocycles. The molecule has 11 heavy (non-hydrogen) atoms. The SMILES string of the molecule is Cc1ccsc1[C@@H](O)[C@@H](C)N. The molecule has 3 N–H and O–H groups in total. The fourth-order valence-electron chi connectivity index (χ4n) is 0.926. The minimum absolute atomic E-state index is 0.188. The van der Waals surface area contributed by atoms with Crippen LogP contribution in [0.15, 0.2) is 11.4 Å². The van der Waals surface area contributed by atoms with Crippen LogP contribution < -0.4 is 5.73 Å². The van der Waals surface area contributed by atoms with Crippen LogP contribution >= 0.6 is 11.3 Å². The summed E-state index contributed by atoms with van der Waals surface area (Å²) in [6.07, 6.45) is -0.505. The summed E-state index contributed by atoms with van der Waals surface area (Å²) < 4.78 is 0. The fraction of sp³-hybridized carbons (Fsp3) is 0.500. The Morgan fingerprint density at radius 3 is 2.64 bits per heavy atom. The van der Waals surface area contributed by atoms with Gasteiger partial charge >= 0.3 is 0 Å². The zero-order valence-corrected chi connectivity index (χ0v) is 7.56. The summed E-state index contributed by atoms with van der Waals surface area (Å²) in [7, 11) is 0. The summed E-state index contributed by atoms with van der Waals surface area (Å²) in [6.45, 7) is 3.79. The number of aryl methyl sites for hydroxylation is 1. The highest BCUT2D eigenvalue weighted by Crippen LogP contribution is 2.24. The van der Waals surface area contributed by atoms with Crippen molar-refractivity contribution in [2.24, 2.45) is 5.73 Å². The third-order valence-corrected chi connectivity index (χ3v) is 2.76. The van der Waals surface area contributed by atoms with E-state index in [0.717, 1.165) is 10.4 Å². The highest BCUT2D eigenvalue weighted by atomic mass is 32.1. The van der Waals surface area contributed by atoms with Crippen LogP contribution in [0.3, 0.4) is 0 Å². The van der Waals surface area contributed by atoms with Crippen molar-refractivity contribution in [3.8, 4) is 0 Å². The quantitative estimate of drug-likeness (QED) is 0.707. The van der Waals surface area contributed by atoms with Gasteiger partial charge in [-0.05, 0) is 30.9 Å². The average molecular weight is 171 g/mol. The summed E-state index contributed by atoms with van der Waals surface area (Å²) in [5.74, 6) is 0. The lowest BCUT2D eigenvalue weighted by Crippen LogP contribution is -2.24. The Labute approximate surface area is 70.7 Å². The summed E-state index contributed by atoms with van der Waals surface area (Å²) in [5, 5.41) is 11.5. The molecular weight excluding hydrogens is 158 g/mol. The molecule has 0 fully saturated rings. The number of hydrogen-bond donors (Lipinski definition) is 2. The molecule has 2 atom stereocenters. The van der Waals surface area contributed by atoms with Gasteiger partial charge in [-0.15, -0.1) is 11.3 Å². The van der Waals surface area contributed by atoms with E-state index in [-0.39, 0.29) is 6.04 Å². The molecule has 0 unspecified atom stereocenters. The largest absolute Gasteiger partial charge is 0.386 e. The number of rotatable bonds is 2. The lowest BCUT2D eigenvalue weighted by molar-refractivity contribution is 0.156. The van der Waals surface area contributed by atoms with Gasteiger partial charge in [-0.25, -0.2) is 0 Å². The zero-order valence-electron chi connectivity index (χ0n) is 6.74. The normalized spacial score (nSPS) is 16.4. The second-order valence-electron chi connectivity index (χ2n) is 2.77. The summed E-state index contributed by atoms with van der Waals surface area (Å²) in [5.41, 5.74) is 6.68. The molecule has 62 valence electrons. The van der Waals surface area contributed by atoms with Gasteiger partial charge < -0.3 is 10.8 Å². The van der Waals surface area contributed by atoms with Crippen LogP contribution in [0.4, 0.5) is 0 Å². The van der Waals surface area contributed by atoms with Crippen molar-refractivity contribution in [1.29, 1.82) is 0 Å². The number of hydrogen-bond acceptors (Lipinski definition) is 3. The summed E-state index contributed by atoms with van der Waals surface area (Å²) >= 11 is 1.56. The minimum Gasteiger partial charge on any atom is -0.386 e. The van der Waals surface area contributed by atoms with Crippen LogP contribution in [0.2, 0.25) is 0 Å². The van der Waals surface area contributed by atoms with Gasteiger partial charge in [0.1, 0.15) is 6.10 Å². The molecule has 0 aliphatic carbocycles. The third kappa shape index (κ3) is 1.80. The van der Waals surface area contributed by atoms with Gasteiger partial charge in [0, 0.05) is 10.9 Å². The Bertz CT molecular complexity index is 232.